The molecule has 1 aromatic rings. The van der Waals surface area contributed by atoms with E-state index in [1.807, 2.05) is 12.1 Å². The quantitative estimate of drug-likeness (QED) is 0.572. The summed E-state index contributed by atoms with van der Waals surface area (Å²) in [5.74, 6) is 2.64. The Morgan fingerprint density at radius 3 is 2.17 bits per heavy atom. The Morgan fingerprint density at radius 1 is 0.966 bits per heavy atom. The smallest absolute Gasteiger partial charge is 0.226 e. The summed E-state index contributed by atoms with van der Waals surface area (Å²) >= 11 is 0. The zero-order valence-electron chi connectivity index (χ0n) is 17.8. The first-order valence-corrected chi connectivity index (χ1v) is 11.7. The second-order valence-electron chi connectivity index (χ2n) is 9.91. The third kappa shape index (κ3) is 4.84. The van der Waals surface area contributed by atoms with Gasteiger partial charge in [0.1, 0.15) is 0 Å². The van der Waals surface area contributed by atoms with Gasteiger partial charge in [0.15, 0.2) is 0 Å². The second kappa shape index (κ2) is 8.89. The molecule has 4 saturated carbocycles. The highest BCUT2D eigenvalue weighted by Gasteiger charge is 2.54. The standard InChI is InChI=1S/C25H36N2O2/c1-2-3-5-18-7-9-22(10-8-18)27-23(28)6-4-11-26-24(29)25-15-19-12-20(16-25)14-21(13-19)17-25/h7-10,19-21H,2-6,11-17H2,1H3,(H,26,29)(H,27,28). The molecule has 4 heteroatoms. The molecule has 158 valence electrons. The summed E-state index contributed by atoms with van der Waals surface area (Å²) in [7, 11) is 0. The average Bonchev–Trinajstić information content (AvgIpc) is 2.69. The third-order valence-corrected chi connectivity index (χ3v) is 7.44. The van der Waals surface area contributed by atoms with Crippen molar-refractivity contribution in [2.75, 3.05) is 11.9 Å². The molecule has 5 rings (SSSR count). The molecular weight excluding hydrogens is 360 g/mol. The number of carbonyl (C=O) groups is 2. The Morgan fingerprint density at radius 2 is 1.59 bits per heavy atom. The van der Waals surface area contributed by atoms with E-state index in [9.17, 15) is 9.59 Å². The minimum absolute atomic E-state index is 0.0235. The number of amides is 2. The SMILES string of the molecule is CCCCc1ccc(NC(=O)CCCNC(=O)C23CC4CC(CC(C4)C2)C3)cc1. The van der Waals surface area contributed by atoms with Crippen molar-refractivity contribution in [3.05, 3.63) is 29.8 Å². The first-order valence-electron chi connectivity index (χ1n) is 11.7. The number of nitrogens with one attached hydrogen (secondary N) is 2. The summed E-state index contributed by atoms with van der Waals surface area (Å²) in [6.07, 6.45) is 12.0. The van der Waals surface area contributed by atoms with Gasteiger partial charge in [0.25, 0.3) is 0 Å². The number of unbranched alkanes of at least 4 members (excludes halogenated alkanes) is 1. The van der Waals surface area contributed by atoms with Crippen LogP contribution in [0.2, 0.25) is 0 Å². The van der Waals surface area contributed by atoms with Gasteiger partial charge in [0.05, 0.1) is 0 Å². The predicted molar refractivity (Wildman–Crippen MR) is 117 cm³/mol. The second-order valence-corrected chi connectivity index (χ2v) is 9.91. The fourth-order valence-corrected chi connectivity index (χ4v) is 6.39. The van der Waals surface area contributed by atoms with Gasteiger partial charge in [-0.05, 0) is 93.2 Å². The van der Waals surface area contributed by atoms with E-state index in [0.29, 0.717) is 19.4 Å². The summed E-state index contributed by atoms with van der Waals surface area (Å²) in [5, 5.41) is 6.14. The van der Waals surface area contributed by atoms with E-state index in [0.717, 1.165) is 49.1 Å². The highest BCUT2D eigenvalue weighted by atomic mass is 16.2. The minimum atomic E-state index is -0.0868. The Bertz CT molecular complexity index is 690. The van der Waals surface area contributed by atoms with Gasteiger partial charge in [-0.25, -0.2) is 0 Å². The lowest BCUT2D eigenvalue weighted by Crippen LogP contribution is -2.53. The molecule has 29 heavy (non-hydrogen) atoms. The van der Waals surface area contributed by atoms with Crippen molar-refractivity contribution in [1.29, 1.82) is 0 Å². The Labute approximate surface area is 175 Å². The Balaban J connectivity index is 1.17. The van der Waals surface area contributed by atoms with E-state index in [4.69, 9.17) is 0 Å². The molecule has 0 radical (unpaired) electrons. The lowest BCUT2D eigenvalue weighted by Gasteiger charge is -2.55. The van der Waals surface area contributed by atoms with Crippen LogP contribution >= 0.6 is 0 Å². The molecule has 0 saturated heterocycles. The predicted octanol–water partition coefficient (Wildman–Crippen LogP) is 5.08. The Hall–Kier alpha value is -1.84. The van der Waals surface area contributed by atoms with Crippen molar-refractivity contribution in [2.24, 2.45) is 23.2 Å². The molecule has 4 fully saturated rings. The number of hydrogen-bond donors (Lipinski definition) is 2. The van der Waals surface area contributed by atoms with Gasteiger partial charge in [0, 0.05) is 24.1 Å². The molecule has 0 spiro atoms. The van der Waals surface area contributed by atoms with E-state index >= 15 is 0 Å². The molecule has 4 bridgehead atoms. The normalized spacial score (nSPS) is 29.6. The monoisotopic (exact) mass is 396 g/mol. The summed E-state index contributed by atoms with van der Waals surface area (Å²) in [6, 6.07) is 8.16. The molecule has 0 atom stereocenters. The molecule has 4 aliphatic rings. The van der Waals surface area contributed by atoms with Gasteiger partial charge in [-0.15, -0.1) is 0 Å². The van der Waals surface area contributed by atoms with Crippen LogP contribution in [0, 0.1) is 23.2 Å². The van der Waals surface area contributed by atoms with Crippen LogP contribution in [0.25, 0.3) is 0 Å². The van der Waals surface area contributed by atoms with Crippen molar-refractivity contribution in [3.8, 4) is 0 Å². The maximum atomic E-state index is 12.9. The fourth-order valence-electron chi connectivity index (χ4n) is 6.39. The van der Waals surface area contributed by atoms with E-state index < -0.39 is 0 Å². The van der Waals surface area contributed by atoms with Crippen molar-refractivity contribution in [1.82, 2.24) is 5.32 Å². The van der Waals surface area contributed by atoms with E-state index in [-0.39, 0.29) is 17.2 Å². The first kappa shape index (κ1) is 20.4. The van der Waals surface area contributed by atoms with Crippen LogP contribution in [0.1, 0.15) is 76.7 Å². The van der Waals surface area contributed by atoms with E-state index in [2.05, 4.69) is 29.7 Å². The average molecular weight is 397 g/mol. The number of aryl methyl sites for hydroxylation is 1. The van der Waals surface area contributed by atoms with Crippen LogP contribution in [0.5, 0.6) is 0 Å². The van der Waals surface area contributed by atoms with E-state index in [1.54, 1.807) is 0 Å². The molecule has 0 unspecified atom stereocenters. The Kier molecular flexibility index (Phi) is 6.26. The maximum Gasteiger partial charge on any atom is 0.226 e. The van der Waals surface area contributed by atoms with Gasteiger partial charge in [0.2, 0.25) is 11.8 Å². The van der Waals surface area contributed by atoms with Crippen LogP contribution < -0.4 is 10.6 Å². The summed E-state index contributed by atoms with van der Waals surface area (Å²) in [5.41, 5.74) is 2.08. The van der Waals surface area contributed by atoms with Crippen molar-refractivity contribution in [3.63, 3.8) is 0 Å². The summed E-state index contributed by atoms with van der Waals surface area (Å²) in [4.78, 5) is 25.1. The summed E-state index contributed by atoms with van der Waals surface area (Å²) < 4.78 is 0. The molecule has 0 heterocycles. The molecule has 0 aliphatic heterocycles. The molecule has 0 aromatic heterocycles. The summed E-state index contributed by atoms with van der Waals surface area (Å²) in [6.45, 7) is 2.80. The topological polar surface area (TPSA) is 58.2 Å². The molecule has 4 aliphatic carbocycles. The van der Waals surface area contributed by atoms with Crippen molar-refractivity contribution in [2.45, 2.75) is 77.6 Å². The van der Waals surface area contributed by atoms with Gasteiger partial charge in [-0.2, -0.15) is 0 Å². The zero-order chi connectivity index (χ0) is 20.3. The maximum absolute atomic E-state index is 12.9. The van der Waals surface area contributed by atoms with Crippen LogP contribution in [-0.4, -0.2) is 18.4 Å². The lowest BCUT2D eigenvalue weighted by molar-refractivity contribution is -0.146. The van der Waals surface area contributed by atoms with Crippen molar-refractivity contribution >= 4 is 17.5 Å². The molecule has 2 N–H and O–H groups in total. The van der Waals surface area contributed by atoms with Crippen LogP contribution in [0.3, 0.4) is 0 Å². The highest BCUT2D eigenvalue weighted by molar-refractivity contribution is 5.90. The van der Waals surface area contributed by atoms with Gasteiger partial charge in [-0.3, -0.25) is 9.59 Å². The number of carbonyl (C=O) groups excluding carboxylic acids is 2. The van der Waals surface area contributed by atoms with Gasteiger partial charge in [-0.1, -0.05) is 25.5 Å². The zero-order valence-corrected chi connectivity index (χ0v) is 17.8. The minimum Gasteiger partial charge on any atom is -0.356 e. The first-order chi connectivity index (χ1) is 14.1. The molecule has 4 nitrogen and oxygen atoms in total. The third-order valence-electron chi connectivity index (χ3n) is 7.44. The number of benzene rings is 1. The van der Waals surface area contributed by atoms with Gasteiger partial charge < -0.3 is 10.6 Å². The van der Waals surface area contributed by atoms with Crippen molar-refractivity contribution < 1.29 is 9.59 Å². The van der Waals surface area contributed by atoms with Crippen LogP contribution in [0.4, 0.5) is 5.69 Å². The number of anilines is 1. The van der Waals surface area contributed by atoms with Crippen LogP contribution in [0.15, 0.2) is 24.3 Å². The number of rotatable bonds is 9. The molecule has 1 aromatic carbocycles. The van der Waals surface area contributed by atoms with Gasteiger partial charge >= 0.3 is 0 Å². The number of hydrogen-bond acceptors (Lipinski definition) is 2. The highest BCUT2D eigenvalue weighted by Crippen LogP contribution is 2.60. The van der Waals surface area contributed by atoms with E-state index in [1.165, 1.54) is 37.7 Å². The fraction of sp³-hybridized carbons (Fsp3) is 0.680. The molecular formula is C25H36N2O2. The lowest BCUT2D eigenvalue weighted by atomic mass is 9.49. The molecule has 2 amide bonds. The largest absolute Gasteiger partial charge is 0.356 e. The van der Waals surface area contributed by atoms with Crippen LogP contribution in [-0.2, 0) is 16.0 Å².